The minimum atomic E-state index is -0.449. The number of benzene rings is 3. The van der Waals surface area contributed by atoms with Crippen molar-refractivity contribution in [2.45, 2.75) is 43.7 Å². The van der Waals surface area contributed by atoms with Crippen LogP contribution in [-0.2, 0) is 4.79 Å². The van der Waals surface area contributed by atoms with Gasteiger partial charge in [0.2, 0.25) is 5.91 Å². The van der Waals surface area contributed by atoms with Gasteiger partial charge in [0, 0.05) is 43.1 Å². The van der Waals surface area contributed by atoms with Crippen molar-refractivity contribution in [3.63, 3.8) is 0 Å². The Balaban J connectivity index is 1.38. The highest BCUT2D eigenvalue weighted by atomic mass is 16.2. The van der Waals surface area contributed by atoms with Gasteiger partial charge < -0.3 is 15.5 Å². The molecule has 5 heteroatoms. The van der Waals surface area contributed by atoms with Gasteiger partial charge in [0.15, 0.2) is 0 Å². The van der Waals surface area contributed by atoms with Crippen molar-refractivity contribution in [3.8, 4) is 0 Å². The van der Waals surface area contributed by atoms with E-state index in [0.29, 0.717) is 31.0 Å². The molecule has 2 fully saturated rings. The summed E-state index contributed by atoms with van der Waals surface area (Å²) in [4.78, 5) is 31.2. The van der Waals surface area contributed by atoms with Crippen molar-refractivity contribution in [2.75, 3.05) is 19.6 Å². The number of hydrogen-bond donors (Lipinski definition) is 1. The second kappa shape index (κ2) is 10.0. The Morgan fingerprint density at radius 1 is 0.829 bits per heavy atom. The lowest BCUT2D eigenvalue weighted by atomic mass is 9.96. The number of nitrogens with zero attached hydrogens (tertiary/aromatic N) is 2. The van der Waals surface area contributed by atoms with E-state index in [4.69, 9.17) is 5.73 Å². The molecule has 2 saturated heterocycles. The molecular weight excluding hydrogens is 434 g/mol. The third-order valence-electron chi connectivity index (χ3n) is 7.57. The lowest BCUT2D eigenvalue weighted by Crippen LogP contribution is -2.47. The van der Waals surface area contributed by atoms with E-state index in [-0.39, 0.29) is 23.8 Å². The zero-order valence-electron chi connectivity index (χ0n) is 20.2. The van der Waals surface area contributed by atoms with Crippen LogP contribution in [0.15, 0.2) is 84.9 Å². The summed E-state index contributed by atoms with van der Waals surface area (Å²) in [5, 5.41) is 0. The lowest BCUT2D eigenvalue weighted by Gasteiger charge is -2.28. The number of amides is 2. The molecule has 0 spiro atoms. The molecule has 2 aliphatic rings. The molecule has 5 rings (SSSR count). The predicted octanol–water partition coefficient (Wildman–Crippen LogP) is 4.72. The summed E-state index contributed by atoms with van der Waals surface area (Å²) >= 11 is 0. The van der Waals surface area contributed by atoms with E-state index in [9.17, 15) is 9.59 Å². The van der Waals surface area contributed by atoms with Gasteiger partial charge in [-0.1, -0.05) is 72.8 Å². The van der Waals surface area contributed by atoms with Gasteiger partial charge >= 0.3 is 0 Å². The molecular formula is C30H33N3O2. The fourth-order valence-electron chi connectivity index (χ4n) is 5.52. The van der Waals surface area contributed by atoms with Crippen LogP contribution in [0.2, 0.25) is 0 Å². The highest BCUT2D eigenvalue weighted by molar-refractivity contribution is 5.98. The zero-order chi connectivity index (χ0) is 24.4. The largest absolute Gasteiger partial charge is 0.340 e. The average molecular weight is 468 g/mol. The predicted molar refractivity (Wildman–Crippen MR) is 138 cm³/mol. The maximum Gasteiger partial charge on any atom is 0.254 e. The van der Waals surface area contributed by atoms with Crippen LogP contribution in [0.5, 0.6) is 0 Å². The first kappa shape index (κ1) is 23.3. The van der Waals surface area contributed by atoms with E-state index in [2.05, 4.69) is 36.4 Å². The molecule has 0 radical (unpaired) electrons. The molecule has 5 nitrogen and oxygen atoms in total. The molecule has 0 aliphatic carbocycles. The summed E-state index contributed by atoms with van der Waals surface area (Å²) in [6, 6.07) is 27.6. The number of carbonyl (C=O) groups excluding carboxylic acids is 2. The van der Waals surface area contributed by atoms with Crippen molar-refractivity contribution in [1.82, 2.24) is 9.80 Å². The SMILES string of the molecule is CC(N)c1ccc(C(=O)N2CC(c3ccccc3)CC2C(=O)N2CCC(c3ccccc3)C2)cc1. The summed E-state index contributed by atoms with van der Waals surface area (Å²) in [6.07, 6.45) is 1.61. The molecule has 2 aliphatic heterocycles. The van der Waals surface area contributed by atoms with E-state index in [1.165, 1.54) is 11.1 Å². The lowest BCUT2D eigenvalue weighted by molar-refractivity contribution is -0.134. The summed E-state index contributed by atoms with van der Waals surface area (Å²) in [6.45, 7) is 3.91. The maximum atomic E-state index is 13.8. The van der Waals surface area contributed by atoms with Crippen LogP contribution >= 0.6 is 0 Å². The van der Waals surface area contributed by atoms with E-state index >= 15 is 0 Å². The Morgan fingerprint density at radius 3 is 2.03 bits per heavy atom. The Bertz CT molecular complexity index is 1160. The van der Waals surface area contributed by atoms with Crippen molar-refractivity contribution in [1.29, 1.82) is 0 Å². The molecule has 0 bridgehead atoms. The molecule has 2 amide bonds. The summed E-state index contributed by atoms with van der Waals surface area (Å²) < 4.78 is 0. The molecule has 4 unspecified atom stereocenters. The van der Waals surface area contributed by atoms with Crippen LogP contribution in [-0.4, -0.2) is 47.3 Å². The minimum Gasteiger partial charge on any atom is -0.340 e. The smallest absolute Gasteiger partial charge is 0.254 e. The van der Waals surface area contributed by atoms with E-state index < -0.39 is 6.04 Å². The topological polar surface area (TPSA) is 66.6 Å². The fraction of sp³-hybridized carbons (Fsp3) is 0.333. The summed E-state index contributed by atoms with van der Waals surface area (Å²) in [7, 11) is 0. The molecule has 2 N–H and O–H groups in total. The number of nitrogens with two attached hydrogens (primary N) is 1. The molecule has 2 heterocycles. The molecule has 4 atom stereocenters. The van der Waals surface area contributed by atoms with Gasteiger partial charge in [-0.2, -0.15) is 0 Å². The second-order valence-electron chi connectivity index (χ2n) is 9.91. The van der Waals surface area contributed by atoms with Crippen LogP contribution in [0.4, 0.5) is 0 Å². The quantitative estimate of drug-likeness (QED) is 0.590. The number of carbonyl (C=O) groups is 2. The third kappa shape index (κ3) is 4.87. The number of rotatable bonds is 5. The van der Waals surface area contributed by atoms with Gasteiger partial charge in [-0.15, -0.1) is 0 Å². The molecule has 3 aromatic rings. The van der Waals surface area contributed by atoms with Crippen LogP contribution in [0.3, 0.4) is 0 Å². The molecule has 3 aromatic carbocycles. The maximum absolute atomic E-state index is 13.8. The Morgan fingerprint density at radius 2 is 1.43 bits per heavy atom. The first-order valence-electron chi connectivity index (χ1n) is 12.6. The monoisotopic (exact) mass is 467 g/mol. The fourth-order valence-corrected chi connectivity index (χ4v) is 5.52. The second-order valence-corrected chi connectivity index (χ2v) is 9.91. The van der Waals surface area contributed by atoms with Crippen molar-refractivity contribution < 1.29 is 9.59 Å². The zero-order valence-corrected chi connectivity index (χ0v) is 20.2. The molecule has 35 heavy (non-hydrogen) atoms. The van der Waals surface area contributed by atoms with E-state index in [1.807, 2.05) is 60.4 Å². The molecule has 0 aromatic heterocycles. The van der Waals surface area contributed by atoms with E-state index in [0.717, 1.165) is 18.5 Å². The third-order valence-corrected chi connectivity index (χ3v) is 7.57. The average Bonchev–Trinajstić information content (AvgIpc) is 3.57. The highest BCUT2D eigenvalue weighted by Crippen LogP contribution is 2.35. The van der Waals surface area contributed by atoms with Crippen molar-refractivity contribution in [2.24, 2.45) is 5.73 Å². The molecule has 180 valence electrons. The van der Waals surface area contributed by atoms with Gasteiger partial charge in [0.1, 0.15) is 6.04 Å². The first-order chi connectivity index (χ1) is 17.0. The Kier molecular flexibility index (Phi) is 6.69. The Hall–Kier alpha value is -3.44. The highest BCUT2D eigenvalue weighted by Gasteiger charge is 2.43. The normalized spacial score (nSPS) is 22.9. The van der Waals surface area contributed by atoms with E-state index in [1.54, 1.807) is 4.90 Å². The van der Waals surface area contributed by atoms with Crippen LogP contribution in [0, 0.1) is 0 Å². The first-order valence-corrected chi connectivity index (χ1v) is 12.6. The summed E-state index contributed by atoms with van der Waals surface area (Å²) in [5.41, 5.74) is 10.0. The van der Waals surface area contributed by atoms with Crippen molar-refractivity contribution in [3.05, 3.63) is 107 Å². The standard InChI is InChI=1S/C30H33N3O2/c1-21(31)22-12-14-25(15-13-22)29(34)33-20-27(24-10-6-3-7-11-24)18-28(33)30(35)32-17-16-26(19-32)23-8-4-2-5-9-23/h2-15,21,26-28H,16-20,31H2,1H3. The number of likely N-dealkylation sites (tertiary alicyclic amines) is 2. The minimum absolute atomic E-state index is 0.0717. The number of hydrogen-bond acceptors (Lipinski definition) is 3. The molecule has 0 saturated carbocycles. The van der Waals surface area contributed by atoms with Crippen LogP contribution < -0.4 is 5.73 Å². The summed E-state index contributed by atoms with van der Waals surface area (Å²) in [5.74, 6) is 0.477. The van der Waals surface area contributed by atoms with Crippen LogP contribution in [0.25, 0.3) is 0 Å². The van der Waals surface area contributed by atoms with Gasteiger partial charge in [-0.05, 0) is 48.6 Å². The van der Waals surface area contributed by atoms with Gasteiger partial charge in [0.25, 0.3) is 5.91 Å². The Labute approximate surface area is 207 Å². The van der Waals surface area contributed by atoms with Crippen molar-refractivity contribution >= 4 is 11.8 Å². The van der Waals surface area contributed by atoms with Gasteiger partial charge in [-0.25, -0.2) is 0 Å². The van der Waals surface area contributed by atoms with Crippen LogP contribution in [0.1, 0.15) is 64.7 Å². The van der Waals surface area contributed by atoms with Gasteiger partial charge in [-0.3, -0.25) is 9.59 Å². The van der Waals surface area contributed by atoms with Gasteiger partial charge in [0.05, 0.1) is 0 Å².